The fourth-order valence-corrected chi connectivity index (χ4v) is 4.14. The van der Waals surface area contributed by atoms with Gasteiger partial charge in [0.1, 0.15) is 0 Å². The standard InChI is InChI=1S/C19H25N5O/c25-19-7-6-18(15-4-5-15)21-24(19)12-14-10-22(11-14)13-16-9-17-3-1-2-8-23(17)20-16/h6-7,9,14-15H,1-5,8,10-13H2. The molecule has 0 bridgehead atoms. The van der Waals surface area contributed by atoms with Crippen molar-refractivity contribution >= 4 is 0 Å². The Bertz CT molecular complexity index is 805. The van der Waals surface area contributed by atoms with E-state index in [0.717, 1.165) is 38.4 Å². The third-order valence-corrected chi connectivity index (χ3v) is 5.70. The van der Waals surface area contributed by atoms with Gasteiger partial charge in [-0.15, -0.1) is 0 Å². The number of likely N-dealkylation sites (tertiary alicyclic amines) is 1. The molecule has 2 aromatic rings. The average Bonchev–Trinajstić information content (AvgIpc) is 3.34. The zero-order chi connectivity index (χ0) is 16.8. The van der Waals surface area contributed by atoms with Gasteiger partial charge >= 0.3 is 0 Å². The van der Waals surface area contributed by atoms with Gasteiger partial charge in [0.15, 0.2) is 0 Å². The molecule has 1 aliphatic carbocycles. The Morgan fingerprint density at radius 2 is 2.00 bits per heavy atom. The molecule has 0 aromatic carbocycles. The molecule has 2 aromatic heterocycles. The number of rotatable bonds is 5. The van der Waals surface area contributed by atoms with E-state index in [4.69, 9.17) is 5.10 Å². The van der Waals surface area contributed by atoms with Gasteiger partial charge in [0.25, 0.3) is 5.56 Å². The number of aromatic nitrogens is 4. The van der Waals surface area contributed by atoms with Gasteiger partial charge in [0.05, 0.1) is 17.9 Å². The van der Waals surface area contributed by atoms with Gasteiger partial charge in [-0.1, -0.05) is 0 Å². The van der Waals surface area contributed by atoms with Crippen LogP contribution in [0.1, 0.15) is 48.7 Å². The van der Waals surface area contributed by atoms with E-state index in [2.05, 4.69) is 20.7 Å². The van der Waals surface area contributed by atoms with Crippen LogP contribution in [-0.4, -0.2) is 37.6 Å². The number of hydrogen-bond acceptors (Lipinski definition) is 4. The molecule has 132 valence electrons. The summed E-state index contributed by atoms with van der Waals surface area (Å²) in [5.74, 6) is 1.12. The van der Waals surface area contributed by atoms with Crippen LogP contribution in [0, 0.1) is 5.92 Å². The Kier molecular flexibility index (Phi) is 3.73. The molecule has 1 saturated carbocycles. The van der Waals surface area contributed by atoms with E-state index in [1.807, 2.05) is 6.07 Å². The highest BCUT2D eigenvalue weighted by Gasteiger charge is 2.30. The van der Waals surface area contributed by atoms with Gasteiger partial charge in [0, 0.05) is 49.8 Å². The first-order chi connectivity index (χ1) is 12.2. The Morgan fingerprint density at radius 1 is 1.12 bits per heavy atom. The molecule has 0 spiro atoms. The van der Waals surface area contributed by atoms with Crippen LogP contribution in [0.25, 0.3) is 0 Å². The Morgan fingerprint density at radius 3 is 2.80 bits per heavy atom. The molecule has 25 heavy (non-hydrogen) atoms. The molecule has 3 aliphatic rings. The van der Waals surface area contributed by atoms with Crippen molar-refractivity contribution in [1.29, 1.82) is 0 Å². The fraction of sp³-hybridized carbons (Fsp3) is 0.632. The highest BCUT2D eigenvalue weighted by atomic mass is 16.1. The van der Waals surface area contributed by atoms with Crippen molar-refractivity contribution in [2.45, 2.75) is 57.7 Å². The summed E-state index contributed by atoms with van der Waals surface area (Å²) < 4.78 is 3.87. The smallest absolute Gasteiger partial charge is 0.266 e. The summed E-state index contributed by atoms with van der Waals surface area (Å²) in [5.41, 5.74) is 3.72. The van der Waals surface area contributed by atoms with Gasteiger partial charge in [-0.05, 0) is 44.2 Å². The molecular weight excluding hydrogens is 314 g/mol. The van der Waals surface area contributed by atoms with Crippen molar-refractivity contribution < 1.29 is 0 Å². The van der Waals surface area contributed by atoms with Crippen LogP contribution in [0.2, 0.25) is 0 Å². The number of nitrogens with zero attached hydrogens (tertiary/aromatic N) is 5. The molecule has 1 saturated heterocycles. The third-order valence-electron chi connectivity index (χ3n) is 5.70. The quantitative estimate of drug-likeness (QED) is 0.833. The third kappa shape index (κ3) is 3.15. The molecule has 0 amide bonds. The molecule has 0 radical (unpaired) electrons. The maximum absolute atomic E-state index is 12.0. The number of aryl methyl sites for hydroxylation is 2. The first kappa shape index (κ1) is 15.3. The second-order valence-electron chi connectivity index (χ2n) is 7.92. The normalized spacial score (nSPS) is 21.1. The summed E-state index contributed by atoms with van der Waals surface area (Å²) in [6, 6.07) is 5.87. The Labute approximate surface area is 147 Å². The van der Waals surface area contributed by atoms with Gasteiger partial charge in [-0.25, -0.2) is 4.68 Å². The largest absolute Gasteiger partial charge is 0.297 e. The van der Waals surface area contributed by atoms with Gasteiger partial charge in [-0.3, -0.25) is 14.4 Å². The highest BCUT2D eigenvalue weighted by Crippen LogP contribution is 2.38. The summed E-state index contributed by atoms with van der Waals surface area (Å²) >= 11 is 0. The van der Waals surface area contributed by atoms with Gasteiger partial charge in [0.2, 0.25) is 0 Å². The van der Waals surface area contributed by atoms with Crippen LogP contribution in [-0.2, 0) is 26.1 Å². The second kappa shape index (κ2) is 6.09. The van der Waals surface area contributed by atoms with Crippen LogP contribution in [0.5, 0.6) is 0 Å². The van der Waals surface area contributed by atoms with E-state index >= 15 is 0 Å². The summed E-state index contributed by atoms with van der Waals surface area (Å²) in [7, 11) is 0. The average molecular weight is 339 g/mol. The first-order valence-corrected chi connectivity index (χ1v) is 9.60. The number of hydrogen-bond donors (Lipinski definition) is 0. The Hall–Kier alpha value is -1.95. The maximum atomic E-state index is 12.0. The van der Waals surface area contributed by atoms with Crippen molar-refractivity contribution in [1.82, 2.24) is 24.5 Å². The van der Waals surface area contributed by atoms with Crippen molar-refractivity contribution in [3.8, 4) is 0 Å². The van der Waals surface area contributed by atoms with E-state index in [1.165, 1.54) is 43.5 Å². The minimum Gasteiger partial charge on any atom is -0.297 e. The van der Waals surface area contributed by atoms with Crippen molar-refractivity contribution in [3.05, 3.63) is 45.6 Å². The van der Waals surface area contributed by atoms with E-state index in [-0.39, 0.29) is 5.56 Å². The minimum absolute atomic E-state index is 0.0321. The van der Waals surface area contributed by atoms with Crippen LogP contribution >= 0.6 is 0 Å². The van der Waals surface area contributed by atoms with Crippen molar-refractivity contribution in [2.24, 2.45) is 5.92 Å². The molecule has 6 nitrogen and oxygen atoms in total. The molecular formula is C19H25N5O. The Balaban J connectivity index is 1.17. The van der Waals surface area contributed by atoms with Crippen LogP contribution in [0.4, 0.5) is 0 Å². The van der Waals surface area contributed by atoms with Crippen LogP contribution in [0.15, 0.2) is 23.0 Å². The van der Waals surface area contributed by atoms with E-state index < -0.39 is 0 Å². The van der Waals surface area contributed by atoms with E-state index in [0.29, 0.717) is 11.8 Å². The zero-order valence-electron chi connectivity index (χ0n) is 14.6. The summed E-state index contributed by atoms with van der Waals surface area (Å²) in [6.45, 7) is 4.81. The zero-order valence-corrected chi connectivity index (χ0v) is 14.6. The fourth-order valence-electron chi connectivity index (χ4n) is 4.14. The molecule has 0 N–H and O–H groups in total. The first-order valence-electron chi connectivity index (χ1n) is 9.60. The maximum Gasteiger partial charge on any atom is 0.266 e. The molecule has 6 heteroatoms. The monoisotopic (exact) mass is 339 g/mol. The molecule has 2 fully saturated rings. The minimum atomic E-state index is 0.0321. The second-order valence-corrected chi connectivity index (χ2v) is 7.92. The summed E-state index contributed by atoms with van der Waals surface area (Å²) in [4.78, 5) is 14.5. The highest BCUT2D eigenvalue weighted by molar-refractivity contribution is 5.13. The van der Waals surface area contributed by atoms with Crippen molar-refractivity contribution in [3.63, 3.8) is 0 Å². The molecule has 0 atom stereocenters. The molecule has 4 heterocycles. The summed E-state index contributed by atoms with van der Waals surface area (Å²) in [5, 5.41) is 9.32. The SMILES string of the molecule is O=c1ccc(C2CC2)nn1CC1CN(Cc2cc3n(n2)CCCC3)C1. The lowest BCUT2D eigenvalue weighted by Crippen LogP contribution is -2.49. The lowest BCUT2D eigenvalue weighted by Gasteiger charge is -2.38. The molecule has 2 aliphatic heterocycles. The van der Waals surface area contributed by atoms with E-state index in [1.54, 1.807) is 10.7 Å². The predicted molar refractivity (Wildman–Crippen MR) is 94.4 cm³/mol. The van der Waals surface area contributed by atoms with Gasteiger partial charge < -0.3 is 0 Å². The predicted octanol–water partition coefficient (Wildman–Crippen LogP) is 1.79. The lowest BCUT2D eigenvalue weighted by molar-refractivity contribution is 0.0750. The van der Waals surface area contributed by atoms with Crippen LogP contribution < -0.4 is 5.56 Å². The van der Waals surface area contributed by atoms with Gasteiger partial charge in [-0.2, -0.15) is 10.2 Å². The van der Waals surface area contributed by atoms with Crippen molar-refractivity contribution in [2.75, 3.05) is 13.1 Å². The summed E-state index contributed by atoms with van der Waals surface area (Å²) in [6.07, 6.45) is 6.15. The van der Waals surface area contributed by atoms with E-state index in [9.17, 15) is 4.79 Å². The lowest BCUT2D eigenvalue weighted by atomic mass is 10.00. The topological polar surface area (TPSA) is 56.0 Å². The number of fused-ring (bicyclic) bond motifs is 1. The molecule has 0 unspecified atom stereocenters. The van der Waals surface area contributed by atoms with Crippen LogP contribution in [0.3, 0.4) is 0 Å². The molecule has 5 rings (SSSR count).